The van der Waals surface area contributed by atoms with E-state index in [1.165, 1.54) is 12.0 Å². The summed E-state index contributed by atoms with van der Waals surface area (Å²) in [6, 6.07) is 27.3. The van der Waals surface area contributed by atoms with E-state index in [2.05, 4.69) is 29.6 Å². The molecule has 1 aliphatic heterocycles. The predicted molar refractivity (Wildman–Crippen MR) is 160 cm³/mol. The van der Waals surface area contributed by atoms with Crippen molar-refractivity contribution in [3.05, 3.63) is 108 Å². The van der Waals surface area contributed by atoms with Gasteiger partial charge in [0.05, 0.1) is 6.42 Å². The van der Waals surface area contributed by atoms with E-state index in [1.807, 2.05) is 65.6 Å². The topological polar surface area (TPSA) is 102 Å². The summed E-state index contributed by atoms with van der Waals surface area (Å²) in [5.74, 6) is -0.118. The molecule has 3 N–H and O–H groups in total. The molecule has 1 heterocycles. The largest absolute Gasteiger partial charge is 0.489 e. The van der Waals surface area contributed by atoms with E-state index < -0.39 is 17.9 Å². The number of likely N-dealkylation sites (tertiary alicyclic amines) is 1. The monoisotopic (exact) mass is 554 g/mol. The van der Waals surface area contributed by atoms with Gasteiger partial charge in [-0.1, -0.05) is 79.7 Å². The Kier molecular flexibility index (Phi) is 10.9. The Balaban J connectivity index is 1.37. The number of benzene rings is 3. The third-order valence-electron chi connectivity index (χ3n) is 7.66. The van der Waals surface area contributed by atoms with Gasteiger partial charge in [-0.25, -0.2) is 0 Å². The highest BCUT2D eigenvalue weighted by Gasteiger charge is 2.30. The second-order valence-electron chi connectivity index (χ2n) is 10.9. The number of piperidine rings is 1. The van der Waals surface area contributed by atoms with E-state index in [0.29, 0.717) is 32.0 Å². The molecule has 1 aliphatic rings. The standard InChI is InChI=1S/C34H40N3O4/c1-25(33(35)39)12-17-32(38)36-31(23-27-13-15-30(16-14-27)41-24-29-10-6-3-7-11-29)34(40)37-20-18-28(19-21-37)22-26-8-4-2-5-9-26/h2-11,13-17,25,28,31H,12,18-24H2,1H3,(H2,35,39)(H,36,38). The summed E-state index contributed by atoms with van der Waals surface area (Å²) in [6.07, 6.45) is 4.85. The normalized spacial score (nSPS) is 15.1. The molecule has 0 bridgehead atoms. The van der Waals surface area contributed by atoms with Crippen LogP contribution in [0.25, 0.3) is 0 Å². The molecule has 1 fully saturated rings. The SMILES string of the molecule is CC(C[CH]C(=O)NC(Cc1ccc(OCc2ccccc2)cc1)C(=O)N1CCC(Cc2ccccc2)CC1)C(N)=O. The highest BCUT2D eigenvalue weighted by molar-refractivity contribution is 5.92. The van der Waals surface area contributed by atoms with Crippen LogP contribution >= 0.6 is 0 Å². The Morgan fingerprint density at radius 2 is 1.51 bits per heavy atom. The Bertz CT molecular complexity index is 1260. The molecule has 2 atom stereocenters. The number of carbonyl (C=O) groups is 3. The summed E-state index contributed by atoms with van der Waals surface area (Å²) >= 11 is 0. The Morgan fingerprint density at radius 1 is 0.902 bits per heavy atom. The number of ether oxygens (including phenoxy) is 1. The fraction of sp³-hybridized carbons (Fsp3) is 0.353. The van der Waals surface area contributed by atoms with Gasteiger partial charge >= 0.3 is 0 Å². The van der Waals surface area contributed by atoms with Crippen molar-refractivity contribution in [2.75, 3.05) is 13.1 Å². The van der Waals surface area contributed by atoms with Gasteiger partial charge in [0, 0.05) is 25.4 Å². The third-order valence-corrected chi connectivity index (χ3v) is 7.66. The molecule has 41 heavy (non-hydrogen) atoms. The zero-order chi connectivity index (χ0) is 29.0. The molecule has 215 valence electrons. The van der Waals surface area contributed by atoms with Crippen molar-refractivity contribution in [3.63, 3.8) is 0 Å². The summed E-state index contributed by atoms with van der Waals surface area (Å²) in [7, 11) is 0. The molecule has 1 radical (unpaired) electrons. The maximum atomic E-state index is 13.7. The quantitative estimate of drug-likeness (QED) is 0.325. The van der Waals surface area contributed by atoms with Crippen molar-refractivity contribution in [3.8, 4) is 5.75 Å². The van der Waals surface area contributed by atoms with E-state index in [-0.39, 0.29) is 18.2 Å². The molecule has 3 aromatic rings. The van der Waals surface area contributed by atoms with Crippen LogP contribution in [0.2, 0.25) is 0 Å². The van der Waals surface area contributed by atoms with Gasteiger partial charge in [-0.15, -0.1) is 0 Å². The van der Waals surface area contributed by atoms with Crippen molar-refractivity contribution >= 4 is 17.7 Å². The maximum absolute atomic E-state index is 13.7. The molecule has 3 aromatic carbocycles. The summed E-state index contributed by atoms with van der Waals surface area (Å²) in [6.45, 7) is 3.47. The van der Waals surface area contributed by atoms with Crippen LogP contribution in [0.3, 0.4) is 0 Å². The first-order valence-electron chi connectivity index (χ1n) is 14.4. The number of hydrogen-bond donors (Lipinski definition) is 2. The van der Waals surface area contributed by atoms with Gasteiger partial charge < -0.3 is 20.7 Å². The molecule has 0 saturated carbocycles. The lowest BCUT2D eigenvalue weighted by atomic mass is 9.89. The number of carbonyl (C=O) groups excluding carboxylic acids is 3. The fourth-order valence-corrected chi connectivity index (χ4v) is 5.05. The lowest BCUT2D eigenvalue weighted by molar-refractivity contribution is -0.137. The van der Waals surface area contributed by atoms with Gasteiger partial charge in [0.15, 0.2) is 0 Å². The number of hydrogen-bond acceptors (Lipinski definition) is 4. The summed E-state index contributed by atoms with van der Waals surface area (Å²) < 4.78 is 5.90. The van der Waals surface area contributed by atoms with Crippen LogP contribution in [0, 0.1) is 18.3 Å². The lowest BCUT2D eigenvalue weighted by Gasteiger charge is -2.34. The van der Waals surface area contributed by atoms with Crippen LogP contribution in [0.5, 0.6) is 5.75 Å². The lowest BCUT2D eigenvalue weighted by Crippen LogP contribution is -2.52. The van der Waals surface area contributed by atoms with E-state index in [9.17, 15) is 14.4 Å². The molecule has 2 unspecified atom stereocenters. The van der Waals surface area contributed by atoms with Gasteiger partial charge in [-0.05, 0) is 60.4 Å². The smallest absolute Gasteiger partial charge is 0.245 e. The number of primary amides is 1. The number of nitrogens with two attached hydrogens (primary N) is 1. The highest BCUT2D eigenvalue weighted by atomic mass is 16.5. The number of amides is 3. The Hall–Kier alpha value is -4.13. The zero-order valence-corrected chi connectivity index (χ0v) is 23.7. The van der Waals surface area contributed by atoms with E-state index in [0.717, 1.165) is 36.1 Å². The average molecular weight is 555 g/mol. The van der Waals surface area contributed by atoms with Gasteiger partial charge in [0.25, 0.3) is 0 Å². The van der Waals surface area contributed by atoms with Crippen LogP contribution < -0.4 is 15.8 Å². The van der Waals surface area contributed by atoms with Crippen molar-refractivity contribution in [2.24, 2.45) is 17.6 Å². The molecule has 7 nitrogen and oxygen atoms in total. The first kappa shape index (κ1) is 29.8. The molecule has 0 aliphatic carbocycles. The first-order chi connectivity index (χ1) is 19.9. The van der Waals surface area contributed by atoms with Crippen LogP contribution in [-0.4, -0.2) is 41.8 Å². The highest BCUT2D eigenvalue weighted by Crippen LogP contribution is 2.23. The molecule has 7 heteroatoms. The molecular weight excluding hydrogens is 514 g/mol. The Labute approximate surface area is 243 Å². The van der Waals surface area contributed by atoms with E-state index in [1.54, 1.807) is 6.92 Å². The Morgan fingerprint density at radius 3 is 2.12 bits per heavy atom. The number of nitrogens with zero attached hydrogens (tertiary/aromatic N) is 1. The van der Waals surface area contributed by atoms with Crippen molar-refractivity contribution in [2.45, 2.75) is 51.7 Å². The van der Waals surface area contributed by atoms with Gasteiger partial charge in [-0.2, -0.15) is 0 Å². The van der Waals surface area contributed by atoms with Gasteiger partial charge in [0.1, 0.15) is 18.4 Å². The molecule has 1 saturated heterocycles. The maximum Gasteiger partial charge on any atom is 0.245 e. The van der Waals surface area contributed by atoms with Crippen molar-refractivity contribution in [1.82, 2.24) is 10.2 Å². The fourth-order valence-electron chi connectivity index (χ4n) is 5.05. The van der Waals surface area contributed by atoms with E-state index in [4.69, 9.17) is 10.5 Å². The van der Waals surface area contributed by atoms with Gasteiger partial charge in [-0.3, -0.25) is 14.4 Å². The second-order valence-corrected chi connectivity index (χ2v) is 10.9. The number of rotatable bonds is 13. The summed E-state index contributed by atoms with van der Waals surface area (Å²) in [5, 5.41) is 2.90. The van der Waals surface area contributed by atoms with Gasteiger partial charge in [0.2, 0.25) is 17.7 Å². The van der Waals surface area contributed by atoms with Crippen LogP contribution in [0.15, 0.2) is 84.9 Å². The minimum atomic E-state index is -0.718. The molecule has 4 rings (SSSR count). The first-order valence-corrected chi connectivity index (χ1v) is 14.4. The van der Waals surface area contributed by atoms with Crippen molar-refractivity contribution in [1.29, 1.82) is 0 Å². The number of nitrogens with one attached hydrogen (secondary N) is 1. The third kappa shape index (κ3) is 9.48. The molecule has 0 spiro atoms. The van der Waals surface area contributed by atoms with Crippen LogP contribution in [0.4, 0.5) is 0 Å². The summed E-state index contributed by atoms with van der Waals surface area (Å²) in [4.78, 5) is 39.7. The van der Waals surface area contributed by atoms with Crippen molar-refractivity contribution < 1.29 is 19.1 Å². The minimum absolute atomic E-state index is 0.0859. The zero-order valence-electron chi connectivity index (χ0n) is 23.7. The second kappa shape index (κ2) is 15.0. The van der Waals surface area contributed by atoms with Crippen LogP contribution in [-0.2, 0) is 33.8 Å². The minimum Gasteiger partial charge on any atom is -0.489 e. The van der Waals surface area contributed by atoms with Crippen LogP contribution in [0.1, 0.15) is 42.9 Å². The molecule has 3 amide bonds. The average Bonchev–Trinajstić information content (AvgIpc) is 3.00. The molecular formula is C34H40N3O4. The molecule has 0 aromatic heterocycles. The predicted octanol–water partition coefficient (Wildman–Crippen LogP) is 4.49. The summed E-state index contributed by atoms with van der Waals surface area (Å²) in [5.41, 5.74) is 8.65. The van der Waals surface area contributed by atoms with E-state index >= 15 is 0 Å².